The lowest BCUT2D eigenvalue weighted by Crippen LogP contribution is -2.25. The number of nitrogens with zero attached hydrogens (tertiary/aromatic N) is 1. The third kappa shape index (κ3) is 3.98. The number of hydrogen-bond acceptors (Lipinski definition) is 3. The van der Waals surface area contributed by atoms with Gasteiger partial charge in [0.2, 0.25) is 0 Å². The molecule has 0 saturated heterocycles. The van der Waals surface area contributed by atoms with Crippen molar-refractivity contribution in [2.45, 2.75) is 0 Å². The fraction of sp³-hybridized carbons (Fsp3) is 0.0952. The molecule has 3 aromatic rings. The molecule has 1 amide bonds. The quantitative estimate of drug-likeness (QED) is 0.675. The van der Waals surface area contributed by atoms with Crippen LogP contribution in [0.4, 0.5) is 5.69 Å². The minimum Gasteiger partial charge on any atom is -0.497 e. The van der Waals surface area contributed by atoms with Crippen molar-refractivity contribution in [3.63, 3.8) is 0 Å². The lowest BCUT2D eigenvalue weighted by Gasteiger charge is -2.17. The number of para-hydroxylation sites is 1. The van der Waals surface area contributed by atoms with E-state index in [1.54, 1.807) is 43.3 Å². The summed E-state index contributed by atoms with van der Waals surface area (Å²) in [6.45, 7) is 0. The molecule has 25 heavy (non-hydrogen) atoms. The molecular weight excluding hydrogens is 314 g/mol. The maximum Gasteiger partial charge on any atom is 0.258 e. The van der Waals surface area contributed by atoms with Gasteiger partial charge >= 0.3 is 0 Å². The van der Waals surface area contributed by atoms with Crippen molar-refractivity contribution in [3.05, 3.63) is 84.4 Å². The van der Waals surface area contributed by atoms with Gasteiger partial charge in [0.1, 0.15) is 17.2 Å². The first-order chi connectivity index (χ1) is 12.2. The fourth-order valence-electron chi connectivity index (χ4n) is 2.41. The van der Waals surface area contributed by atoms with Gasteiger partial charge in [-0.15, -0.1) is 0 Å². The zero-order valence-electron chi connectivity index (χ0n) is 14.2. The van der Waals surface area contributed by atoms with Crippen LogP contribution in [0.15, 0.2) is 78.9 Å². The molecular formula is C21H19NO3. The smallest absolute Gasteiger partial charge is 0.258 e. The molecule has 0 atom stereocenters. The predicted octanol–water partition coefficient (Wildman–Crippen LogP) is 4.76. The number of anilines is 1. The zero-order valence-corrected chi connectivity index (χ0v) is 14.2. The van der Waals surface area contributed by atoms with E-state index in [4.69, 9.17) is 9.47 Å². The maximum absolute atomic E-state index is 12.6. The number of carbonyl (C=O) groups excluding carboxylic acids is 1. The minimum absolute atomic E-state index is 0.0674. The van der Waals surface area contributed by atoms with E-state index >= 15 is 0 Å². The summed E-state index contributed by atoms with van der Waals surface area (Å²) < 4.78 is 10.9. The Kier molecular flexibility index (Phi) is 5.00. The van der Waals surface area contributed by atoms with Crippen LogP contribution in [0.25, 0.3) is 0 Å². The average molecular weight is 333 g/mol. The van der Waals surface area contributed by atoms with Crippen LogP contribution >= 0.6 is 0 Å². The summed E-state index contributed by atoms with van der Waals surface area (Å²) in [5.74, 6) is 2.09. The number of benzene rings is 3. The van der Waals surface area contributed by atoms with E-state index in [0.717, 1.165) is 11.4 Å². The van der Waals surface area contributed by atoms with Crippen LogP contribution < -0.4 is 14.4 Å². The van der Waals surface area contributed by atoms with Crippen LogP contribution in [0.1, 0.15) is 10.4 Å². The van der Waals surface area contributed by atoms with Crippen molar-refractivity contribution >= 4 is 11.6 Å². The highest BCUT2D eigenvalue weighted by atomic mass is 16.5. The van der Waals surface area contributed by atoms with Gasteiger partial charge in [0.25, 0.3) is 5.91 Å². The first-order valence-electron chi connectivity index (χ1n) is 7.92. The van der Waals surface area contributed by atoms with Gasteiger partial charge in [0.05, 0.1) is 7.11 Å². The maximum atomic E-state index is 12.6. The molecule has 0 bridgehead atoms. The summed E-state index contributed by atoms with van der Waals surface area (Å²) in [7, 11) is 3.39. The van der Waals surface area contributed by atoms with E-state index in [1.807, 2.05) is 54.6 Å². The zero-order chi connectivity index (χ0) is 17.6. The van der Waals surface area contributed by atoms with Gasteiger partial charge in [-0.3, -0.25) is 4.79 Å². The standard InChI is InChI=1S/C21H19NO3/c1-22(17-6-4-3-5-7-17)21(23)16-8-10-19(11-9-16)25-20-14-12-18(24-2)13-15-20/h3-15H,1-2H3. The van der Waals surface area contributed by atoms with Gasteiger partial charge in [-0.2, -0.15) is 0 Å². The topological polar surface area (TPSA) is 38.8 Å². The largest absolute Gasteiger partial charge is 0.497 e. The van der Waals surface area contributed by atoms with Crippen LogP contribution in [0, 0.1) is 0 Å². The van der Waals surface area contributed by atoms with Crippen LogP contribution in [-0.2, 0) is 0 Å². The molecule has 0 aliphatic heterocycles. The fourth-order valence-corrected chi connectivity index (χ4v) is 2.41. The molecule has 0 fully saturated rings. The van der Waals surface area contributed by atoms with Gasteiger partial charge in [-0.25, -0.2) is 0 Å². The highest BCUT2D eigenvalue weighted by molar-refractivity contribution is 6.05. The van der Waals surface area contributed by atoms with E-state index in [1.165, 1.54) is 0 Å². The highest BCUT2D eigenvalue weighted by Gasteiger charge is 2.13. The summed E-state index contributed by atoms with van der Waals surface area (Å²) in [6, 6.07) is 24.0. The highest BCUT2D eigenvalue weighted by Crippen LogP contribution is 2.24. The van der Waals surface area contributed by atoms with Gasteiger partial charge < -0.3 is 14.4 Å². The second-order valence-electron chi connectivity index (χ2n) is 5.50. The van der Waals surface area contributed by atoms with Crippen LogP contribution in [0.2, 0.25) is 0 Å². The van der Waals surface area contributed by atoms with E-state index in [-0.39, 0.29) is 5.91 Å². The molecule has 0 spiro atoms. The van der Waals surface area contributed by atoms with Gasteiger partial charge in [-0.1, -0.05) is 18.2 Å². The summed E-state index contributed by atoms with van der Waals surface area (Å²) >= 11 is 0. The van der Waals surface area contributed by atoms with Crippen molar-refractivity contribution in [1.29, 1.82) is 0 Å². The molecule has 0 saturated carbocycles. The Hall–Kier alpha value is -3.27. The van der Waals surface area contributed by atoms with Crippen LogP contribution in [0.5, 0.6) is 17.2 Å². The molecule has 0 aromatic heterocycles. The Morgan fingerprint density at radius 3 is 1.84 bits per heavy atom. The van der Waals surface area contributed by atoms with Crippen molar-refractivity contribution in [1.82, 2.24) is 0 Å². The minimum atomic E-state index is -0.0674. The number of methoxy groups -OCH3 is 1. The number of ether oxygens (including phenoxy) is 2. The normalized spacial score (nSPS) is 10.2. The summed E-state index contributed by atoms with van der Waals surface area (Å²) in [4.78, 5) is 14.2. The number of amides is 1. The Morgan fingerprint density at radius 2 is 1.28 bits per heavy atom. The third-order valence-electron chi connectivity index (χ3n) is 3.84. The molecule has 3 rings (SSSR count). The van der Waals surface area contributed by atoms with Gasteiger partial charge in [0, 0.05) is 18.3 Å². The molecule has 0 aliphatic rings. The van der Waals surface area contributed by atoms with E-state index in [9.17, 15) is 4.79 Å². The van der Waals surface area contributed by atoms with Gasteiger partial charge in [-0.05, 0) is 60.7 Å². The van der Waals surface area contributed by atoms with Crippen molar-refractivity contribution < 1.29 is 14.3 Å². The number of hydrogen-bond donors (Lipinski definition) is 0. The molecule has 0 heterocycles. The summed E-state index contributed by atoms with van der Waals surface area (Å²) in [6.07, 6.45) is 0. The van der Waals surface area contributed by atoms with E-state index < -0.39 is 0 Å². The van der Waals surface area contributed by atoms with Gasteiger partial charge in [0.15, 0.2) is 0 Å². The van der Waals surface area contributed by atoms with Crippen LogP contribution in [-0.4, -0.2) is 20.1 Å². The molecule has 0 radical (unpaired) electrons. The first-order valence-corrected chi connectivity index (χ1v) is 7.92. The predicted molar refractivity (Wildman–Crippen MR) is 98.7 cm³/mol. The Labute approximate surface area is 147 Å². The molecule has 126 valence electrons. The molecule has 0 aliphatic carbocycles. The molecule has 4 heteroatoms. The molecule has 3 aromatic carbocycles. The number of carbonyl (C=O) groups is 1. The van der Waals surface area contributed by atoms with Crippen LogP contribution in [0.3, 0.4) is 0 Å². The van der Waals surface area contributed by atoms with E-state index in [0.29, 0.717) is 17.1 Å². The Morgan fingerprint density at radius 1 is 0.760 bits per heavy atom. The Bertz CT molecular complexity index is 827. The summed E-state index contributed by atoms with van der Waals surface area (Å²) in [5.41, 5.74) is 1.46. The second kappa shape index (κ2) is 7.53. The first kappa shape index (κ1) is 16.6. The third-order valence-corrected chi connectivity index (χ3v) is 3.84. The number of rotatable bonds is 5. The average Bonchev–Trinajstić information content (AvgIpc) is 2.69. The molecule has 0 unspecified atom stereocenters. The van der Waals surface area contributed by atoms with Crippen molar-refractivity contribution in [2.75, 3.05) is 19.1 Å². The monoisotopic (exact) mass is 333 g/mol. The van der Waals surface area contributed by atoms with Crippen molar-refractivity contribution in [3.8, 4) is 17.2 Å². The van der Waals surface area contributed by atoms with E-state index in [2.05, 4.69) is 0 Å². The molecule has 0 N–H and O–H groups in total. The lowest BCUT2D eigenvalue weighted by atomic mass is 10.2. The Balaban J connectivity index is 1.70. The second-order valence-corrected chi connectivity index (χ2v) is 5.50. The molecule has 4 nitrogen and oxygen atoms in total. The SMILES string of the molecule is COc1ccc(Oc2ccc(C(=O)N(C)c3ccccc3)cc2)cc1. The lowest BCUT2D eigenvalue weighted by molar-refractivity contribution is 0.0993. The van der Waals surface area contributed by atoms with Crippen molar-refractivity contribution in [2.24, 2.45) is 0 Å². The summed E-state index contributed by atoms with van der Waals surface area (Å²) in [5, 5.41) is 0.